The summed E-state index contributed by atoms with van der Waals surface area (Å²) in [5, 5.41) is 10.2. The molecule has 3 aromatic carbocycles. The Morgan fingerprint density at radius 2 is 1.76 bits per heavy atom. The zero-order chi connectivity index (χ0) is 38.9. The number of anilines is 1. The Morgan fingerprint density at radius 1 is 1.04 bits per heavy atom. The van der Waals surface area contributed by atoms with Gasteiger partial charge in [0.15, 0.2) is 0 Å². The molecule has 4 atom stereocenters. The molecular formula is C42H58N2O9S. The predicted octanol–water partition coefficient (Wildman–Crippen LogP) is 6.81. The number of carboxylic acid groups (broad SMARTS) is 1. The first-order valence-electron chi connectivity index (χ1n) is 19.0. The molecule has 54 heavy (non-hydrogen) atoms. The van der Waals surface area contributed by atoms with E-state index < -0.39 is 33.6 Å². The molecule has 0 aromatic heterocycles. The highest BCUT2D eigenvalue weighted by molar-refractivity contribution is 7.89. The molecule has 1 N–H and O–H groups in total. The molecule has 2 aliphatic heterocycles. The van der Waals surface area contributed by atoms with Gasteiger partial charge in [-0.15, -0.1) is 0 Å². The van der Waals surface area contributed by atoms with Crippen molar-refractivity contribution in [1.29, 1.82) is 0 Å². The van der Waals surface area contributed by atoms with E-state index in [0.29, 0.717) is 39.5 Å². The molecule has 11 nitrogen and oxygen atoms in total. The molecule has 5 rings (SSSR count). The van der Waals surface area contributed by atoms with Crippen LogP contribution < -0.4 is 9.64 Å². The Morgan fingerprint density at radius 3 is 2.44 bits per heavy atom. The van der Waals surface area contributed by atoms with Crippen molar-refractivity contribution in [3.63, 3.8) is 0 Å². The fraction of sp³-hybridized carbons (Fsp3) is 0.548. The van der Waals surface area contributed by atoms with Gasteiger partial charge in [-0.2, -0.15) is 4.31 Å². The van der Waals surface area contributed by atoms with Crippen LogP contribution in [-0.4, -0.2) is 95.2 Å². The topological polar surface area (TPSA) is 124 Å². The molecule has 1 fully saturated rings. The van der Waals surface area contributed by atoms with E-state index in [9.17, 15) is 18.3 Å². The van der Waals surface area contributed by atoms with Crippen LogP contribution in [-0.2, 0) is 47.0 Å². The number of methoxy groups -OCH3 is 1. The van der Waals surface area contributed by atoms with E-state index in [4.69, 9.17) is 23.7 Å². The number of rotatable bonds is 19. The summed E-state index contributed by atoms with van der Waals surface area (Å²) in [6.45, 7) is 13.9. The van der Waals surface area contributed by atoms with Crippen LogP contribution in [0.3, 0.4) is 0 Å². The molecule has 0 radical (unpaired) electrons. The van der Waals surface area contributed by atoms with Gasteiger partial charge in [0, 0.05) is 45.4 Å². The van der Waals surface area contributed by atoms with Crippen molar-refractivity contribution in [2.24, 2.45) is 5.41 Å². The van der Waals surface area contributed by atoms with Gasteiger partial charge >= 0.3 is 5.97 Å². The number of benzene rings is 3. The van der Waals surface area contributed by atoms with Crippen molar-refractivity contribution in [3.8, 4) is 5.75 Å². The van der Waals surface area contributed by atoms with Crippen LogP contribution in [0, 0.1) is 12.3 Å². The zero-order valence-electron chi connectivity index (χ0n) is 32.7. The third-order valence-corrected chi connectivity index (χ3v) is 12.3. The van der Waals surface area contributed by atoms with E-state index in [0.717, 1.165) is 53.2 Å². The summed E-state index contributed by atoms with van der Waals surface area (Å²) in [5.41, 5.74) is 3.75. The normalized spacial score (nSPS) is 20.0. The lowest BCUT2D eigenvalue weighted by Gasteiger charge is -2.45. The maximum absolute atomic E-state index is 14.4. The van der Waals surface area contributed by atoms with Crippen LogP contribution in [0.2, 0.25) is 0 Å². The van der Waals surface area contributed by atoms with Crippen molar-refractivity contribution in [1.82, 2.24) is 4.31 Å². The lowest BCUT2D eigenvalue weighted by atomic mass is 9.77. The maximum atomic E-state index is 14.4. The summed E-state index contributed by atoms with van der Waals surface area (Å²) in [7, 11) is -2.30. The summed E-state index contributed by atoms with van der Waals surface area (Å²) < 4.78 is 59.9. The van der Waals surface area contributed by atoms with Crippen molar-refractivity contribution in [2.45, 2.75) is 96.2 Å². The van der Waals surface area contributed by atoms with E-state index in [1.807, 2.05) is 45.0 Å². The SMILES string of the molecule is CCO[C@H](C)COCc1ccc([C@H]2C[C@@H](CC(C)(C)C(=O)O)N(S(=O)(=O)c3ccc(C)cc3)C[C@@H]2OCc2ccc3c(c2)N(CCCOC)CCO3)cc1. The van der Waals surface area contributed by atoms with Crippen molar-refractivity contribution in [3.05, 3.63) is 89.0 Å². The Labute approximate surface area is 321 Å². The van der Waals surface area contributed by atoms with E-state index >= 15 is 0 Å². The standard InChI is InChI=1S/C42H58N2O9S/c1-7-51-31(3)27-50-28-32-11-14-34(15-12-32)37-24-35(25-42(4,5)41(45)46)44(54(47,48)36-16-9-30(2)10-17-36)26-40(37)53-29-33-13-18-39-38(23-33)43(20-22-52-39)19-8-21-49-6/h9-18,23,31,35,37,40H,7-8,19-22,24-29H2,1-6H3,(H,45,46)/t31-,35+,37-,40+/m1/s1. The number of nitrogens with zero attached hydrogens (tertiary/aromatic N) is 2. The number of ether oxygens (including phenoxy) is 5. The Bertz CT molecular complexity index is 1770. The van der Waals surface area contributed by atoms with Crippen molar-refractivity contribution < 1.29 is 42.0 Å². The number of fused-ring (bicyclic) bond motifs is 1. The molecule has 0 saturated carbocycles. The number of aliphatic carboxylic acids is 1. The summed E-state index contributed by atoms with van der Waals surface area (Å²) >= 11 is 0. The molecule has 1 saturated heterocycles. The highest BCUT2D eigenvalue weighted by Crippen LogP contribution is 2.41. The molecule has 0 unspecified atom stereocenters. The number of aryl methyl sites for hydroxylation is 1. The maximum Gasteiger partial charge on any atom is 0.309 e. The Kier molecular flexibility index (Phi) is 14.6. The Hall–Kier alpha value is -3.52. The summed E-state index contributed by atoms with van der Waals surface area (Å²) in [6, 6.07) is 20.5. The number of carboxylic acids is 1. The van der Waals surface area contributed by atoms with Crippen molar-refractivity contribution >= 4 is 21.7 Å². The second kappa shape index (κ2) is 18.9. The quantitative estimate of drug-likeness (QED) is 0.130. The monoisotopic (exact) mass is 766 g/mol. The van der Waals surface area contributed by atoms with Crippen LogP contribution in [0.5, 0.6) is 5.75 Å². The molecule has 0 aliphatic carbocycles. The fourth-order valence-corrected chi connectivity index (χ4v) is 8.96. The minimum absolute atomic E-state index is 0.00177. The number of carbonyl (C=O) groups is 1. The van der Waals surface area contributed by atoms with Crippen molar-refractivity contribution in [2.75, 3.05) is 58.1 Å². The second-order valence-corrected chi connectivity index (χ2v) is 17.0. The first kappa shape index (κ1) is 41.6. The first-order chi connectivity index (χ1) is 25.8. The first-order valence-corrected chi connectivity index (χ1v) is 20.5. The molecule has 2 heterocycles. The third kappa shape index (κ3) is 10.6. The summed E-state index contributed by atoms with van der Waals surface area (Å²) in [4.78, 5) is 14.9. The largest absolute Gasteiger partial charge is 0.490 e. The van der Waals surface area contributed by atoms with E-state index in [1.54, 1.807) is 45.2 Å². The third-order valence-electron chi connectivity index (χ3n) is 10.4. The molecule has 0 spiro atoms. The molecule has 0 amide bonds. The average molecular weight is 767 g/mol. The lowest BCUT2D eigenvalue weighted by Crippen LogP contribution is -2.53. The molecular weight excluding hydrogens is 709 g/mol. The predicted molar refractivity (Wildman–Crippen MR) is 209 cm³/mol. The average Bonchev–Trinajstić information content (AvgIpc) is 3.14. The molecule has 3 aromatic rings. The van der Waals surface area contributed by atoms with Crippen LogP contribution in [0.25, 0.3) is 0 Å². The second-order valence-electron chi connectivity index (χ2n) is 15.1. The van der Waals surface area contributed by atoms with Crippen LogP contribution in [0.4, 0.5) is 5.69 Å². The number of hydrogen-bond acceptors (Lipinski definition) is 9. The van der Waals surface area contributed by atoms with Gasteiger partial charge in [-0.05, 0) is 94.8 Å². The van der Waals surface area contributed by atoms with E-state index in [-0.39, 0.29) is 36.5 Å². The van der Waals surface area contributed by atoms with Gasteiger partial charge in [0.2, 0.25) is 10.0 Å². The molecule has 12 heteroatoms. The van der Waals surface area contributed by atoms with Gasteiger partial charge in [-0.25, -0.2) is 8.42 Å². The van der Waals surface area contributed by atoms with Crippen LogP contribution in [0.1, 0.15) is 75.1 Å². The number of piperidine rings is 1. The molecule has 2 aliphatic rings. The minimum Gasteiger partial charge on any atom is -0.490 e. The van der Waals surface area contributed by atoms with Gasteiger partial charge in [-0.3, -0.25) is 4.79 Å². The van der Waals surface area contributed by atoms with Gasteiger partial charge in [-0.1, -0.05) is 48.0 Å². The molecule has 0 bridgehead atoms. The Balaban J connectivity index is 1.45. The summed E-state index contributed by atoms with van der Waals surface area (Å²) in [6.07, 6.45) is 0.905. The van der Waals surface area contributed by atoms with E-state index in [2.05, 4.69) is 23.1 Å². The smallest absolute Gasteiger partial charge is 0.309 e. The minimum atomic E-state index is -4.01. The lowest BCUT2D eigenvalue weighted by molar-refractivity contribution is -0.148. The van der Waals surface area contributed by atoms with Gasteiger partial charge in [0.05, 0.1) is 54.6 Å². The van der Waals surface area contributed by atoms with Gasteiger partial charge in [0.1, 0.15) is 12.4 Å². The highest BCUT2D eigenvalue weighted by Gasteiger charge is 2.46. The summed E-state index contributed by atoms with van der Waals surface area (Å²) in [5.74, 6) is -0.349. The number of sulfonamides is 1. The van der Waals surface area contributed by atoms with Crippen LogP contribution in [0.15, 0.2) is 71.6 Å². The fourth-order valence-electron chi connectivity index (χ4n) is 7.32. The van der Waals surface area contributed by atoms with Crippen LogP contribution >= 0.6 is 0 Å². The van der Waals surface area contributed by atoms with Gasteiger partial charge < -0.3 is 33.7 Å². The molecule has 296 valence electrons. The number of hydrogen-bond donors (Lipinski definition) is 1. The van der Waals surface area contributed by atoms with Gasteiger partial charge in [0.25, 0.3) is 0 Å². The highest BCUT2D eigenvalue weighted by atomic mass is 32.2. The van der Waals surface area contributed by atoms with E-state index in [1.165, 1.54) is 4.31 Å². The zero-order valence-corrected chi connectivity index (χ0v) is 33.5.